The minimum absolute atomic E-state index is 0.0388. The lowest BCUT2D eigenvalue weighted by Crippen LogP contribution is -2.49. The molecule has 0 spiro atoms. The Hall–Kier alpha value is -3.26. The van der Waals surface area contributed by atoms with E-state index in [1.165, 1.54) is 11.3 Å². The molecule has 0 bridgehead atoms. The molecule has 28 heavy (non-hydrogen) atoms. The Balaban J connectivity index is 1.34. The van der Waals surface area contributed by atoms with Crippen LogP contribution in [0.3, 0.4) is 0 Å². The Kier molecular flexibility index (Phi) is 4.25. The van der Waals surface area contributed by atoms with Gasteiger partial charge in [0.05, 0.1) is 5.69 Å². The number of anilines is 1. The third kappa shape index (κ3) is 3.01. The summed E-state index contributed by atoms with van der Waals surface area (Å²) in [6, 6.07) is 11.8. The second kappa shape index (κ2) is 7.05. The second-order valence-corrected chi connectivity index (χ2v) is 7.43. The first-order valence-corrected chi connectivity index (χ1v) is 10.0. The van der Waals surface area contributed by atoms with Crippen LogP contribution in [0, 0.1) is 0 Å². The molecule has 0 atom stereocenters. The predicted octanol–water partition coefficient (Wildman–Crippen LogP) is 2.82. The average Bonchev–Trinajstić information content (AvgIpc) is 3.36. The molecule has 0 aliphatic carbocycles. The lowest BCUT2D eigenvalue weighted by molar-refractivity contribution is 0.0739. The number of rotatable bonds is 3. The first-order valence-electron chi connectivity index (χ1n) is 9.13. The van der Waals surface area contributed by atoms with Crippen molar-refractivity contribution in [1.82, 2.24) is 24.3 Å². The number of hydrogen-bond acceptors (Lipinski definition) is 6. The van der Waals surface area contributed by atoms with Crippen LogP contribution in [-0.4, -0.2) is 56.3 Å². The van der Waals surface area contributed by atoms with Crippen molar-refractivity contribution in [2.45, 2.75) is 0 Å². The number of carbonyl (C=O) groups excluding carboxylic acids is 1. The standard InChI is InChI=1S/C20H18N6OS/c27-18(24-9-11-25(12-10-24)19-21-7-4-8-22-19)17-14-28-20-23-16(13-26(17)20)15-5-2-1-3-6-15/h1-8,13-14H,9-12H2. The molecule has 1 aliphatic heterocycles. The van der Waals surface area contributed by atoms with E-state index in [2.05, 4.69) is 19.9 Å². The van der Waals surface area contributed by atoms with Crippen molar-refractivity contribution < 1.29 is 4.79 Å². The molecule has 8 heteroatoms. The molecule has 0 N–H and O–H groups in total. The van der Waals surface area contributed by atoms with Crippen LogP contribution < -0.4 is 4.90 Å². The molecule has 140 valence electrons. The molecule has 5 rings (SSSR count). The van der Waals surface area contributed by atoms with Crippen molar-refractivity contribution in [3.63, 3.8) is 0 Å². The van der Waals surface area contributed by atoms with E-state index in [0.717, 1.165) is 35.3 Å². The highest BCUT2D eigenvalue weighted by atomic mass is 32.1. The van der Waals surface area contributed by atoms with Crippen LogP contribution in [0.5, 0.6) is 0 Å². The third-order valence-corrected chi connectivity index (χ3v) is 5.74. The molecule has 1 aromatic carbocycles. The van der Waals surface area contributed by atoms with E-state index in [1.807, 2.05) is 51.2 Å². The first kappa shape index (κ1) is 16.9. The van der Waals surface area contributed by atoms with E-state index >= 15 is 0 Å². The maximum absolute atomic E-state index is 13.1. The van der Waals surface area contributed by atoms with E-state index in [1.54, 1.807) is 18.5 Å². The van der Waals surface area contributed by atoms with E-state index in [-0.39, 0.29) is 5.91 Å². The van der Waals surface area contributed by atoms with Crippen LogP contribution in [0.4, 0.5) is 5.95 Å². The molecule has 3 aromatic heterocycles. The molecule has 7 nitrogen and oxygen atoms in total. The highest BCUT2D eigenvalue weighted by Gasteiger charge is 2.25. The number of aromatic nitrogens is 4. The van der Waals surface area contributed by atoms with Gasteiger partial charge >= 0.3 is 0 Å². The van der Waals surface area contributed by atoms with Gasteiger partial charge in [-0.2, -0.15) is 0 Å². The molecule has 4 aromatic rings. The molecule has 1 amide bonds. The molecule has 0 saturated carbocycles. The summed E-state index contributed by atoms with van der Waals surface area (Å²) in [6.07, 6.45) is 5.43. The van der Waals surface area contributed by atoms with Crippen LogP contribution in [-0.2, 0) is 0 Å². The molecule has 4 heterocycles. The number of thiazole rings is 1. The van der Waals surface area contributed by atoms with Gasteiger partial charge in [0.2, 0.25) is 5.95 Å². The number of nitrogens with zero attached hydrogens (tertiary/aromatic N) is 6. The molecule has 1 fully saturated rings. The van der Waals surface area contributed by atoms with Crippen LogP contribution in [0.25, 0.3) is 16.2 Å². The summed E-state index contributed by atoms with van der Waals surface area (Å²) in [5.41, 5.74) is 2.60. The third-order valence-electron chi connectivity index (χ3n) is 4.90. The SMILES string of the molecule is O=C(c1csc2nc(-c3ccccc3)cn12)N1CCN(c2ncccn2)CC1. The summed E-state index contributed by atoms with van der Waals surface area (Å²) in [7, 11) is 0. The summed E-state index contributed by atoms with van der Waals surface area (Å²) in [4.78, 5) is 31.2. The Morgan fingerprint density at radius 2 is 1.71 bits per heavy atom. The van der Waals surface area contributed by atoms with Crippen LogP contribution in [0.15, 0.2) is 60.4 Å². The van der Waals surface area contributed by atoms with Gasteiger partial charge in [0.1, 0.15) is 5.69 Å². The smallest absolute Gasteiger partial charge is 0.271 e. The van der Waals surface area contributed by atoms with E-state index in [4.69, 9.17) is 0 Å². The maximum Gasteiger partial charge on any atom is 0.271 e. The zero-order valence-corrected chi connectivity index (χ0v) is 15.9. The number of piperazine rings is 1. The van der Waals surface area contributed by atoms with Crippen molar-refractivity contribution in [2.75, 3.05) is 31.1 Å². The van der Waals surface area contributed by atoms with Gasteiger partial charge in [-0.05, 0) is 6.07 Å². The number of benzene rings is 1. The van der Waals surface area contributed by atoms with Crippen molar-refractivity contribution in [2.24, 2.45) is 0 Å². The largest absolute Gasteiger partial charge is 0.337 e. The lowest BCUT2D eigenvalue weighted by Gasteiger charge is -2.34. The van der Waals surface area contributed by atoms with Crippen molar-refractivity contribution in [1.29, 1.82) is 0 Å². The molecule has 0 unspecified atom stereocenters. The highest BCUT2D eigenvalue weighted by molar-refractivity contribution is 7.15. The summed E-state index contributed by atoms with van der Waals surface area (Å²) in [5.74, 6) is 0.756. The van der Waals surface area contributed by atoms with Gasteiger partial charge in [0.15, 0.2) is 4.96 Å². The number of imidazole rings is 1. The van der Waals surface area contributed by atoms with Crippen LogP contribution >= 0.6 is 11.3 Å². The summed E-state index contributed by atoms with van der Waals surface area (Å²) in [6.45, 7) is 2.74. The van der Waals surface area contributed by atoms with Crippen molar-refractivity contribution >= 4 is 28.2 Å². The minimum atomic E-state index is 0.0388. The quantitative estimate of drug-likeness (QED) is 0.538. The summed E-state index contributed by atoms with van der Waals surface area (Å²) >= 11 is 1.49. The Morgan fingerprint density at radius 3 is 2.46 bits per heavy atom. The topological polar surface area (TPSA) is 66.6 Å². The Bertz CT molecular complexity index is 1100. The number of carbonyl (C=O) groups is 1. The van der Waals surface area contributed by atoms with Gasteiger partial charge < -0.3 is 9.80 Å². The molecule has 0 radical (unpaired) electrons. The van der Waals surface area contributed by atoms with Gasteiger partial charge in [-0.15, -0.1) is 11.3 Å². The van der Waals surface area contributed by atoms with E-state index in [0.29, 0.717) is 18.8 Å². The molecular weight excluding hydrogens is 372 g/mol. The summed E-state index contributed by atoms with van der Waals surface area (Å²) < 4.78 is 1.90. The van der Waals surface area contributed by atoms with Crippen molar-refractivity contribution in [3.8, 4) is 11.3 Å². The van der Waals surface area contributed by atoms with Gasteiger partial charge in [-0.3, -0.25) is 9.20 Å². The van der Waals surface area contributed by atoms with E-state index in [9.17, 15) is 4.79 Å². The fraction of sp³-hybridized carbons (Fsp3) is 0.200. The maximum atomic E-state index is 13.1. The average molecular weight is 390 g/mol. The zero-order valence-electron chi connectivity index (χ0n) is 15.1. The summed E-state index contributed by atoms with van der Waals surface area (Å²) in [5, 5.41) is 1.89. The Morgan fingerprint density at radius 1 is 0.964 bits per heavy atom. The number of amides is 1. The lowest BCUT2D eigenvalue weighted by atomic mass is 10.2. The first-order chi connectivity index (χ1) is 13.8. The monoisotopic (exact) mass is 390 g/mol. The van der Waals surface area contributed by atoms with Crippen LogP contribution in [0.2, 0.25) is 0 Å². The molecule has 1 aliphatic rings. The van der Waals surface area contributed by atoms with Gasteiger partial charge in [-0.25, -0.2) is 15.0 Å². The van der Waals surface area contributed by atoms with Crippen LogP contribution in [0.1, 0.15) is 10.5 Å². The zero-order chi connectivity index (χ0) is 18.9. The second-order valence-electron chi connectivity index (χ2n) is 6.59. The highest BCUT2D eigenvalue weighted by Crippen LogP contribution is 2.24. The van der Waals surface area contributed by atoms with Gasteiger partial charge in [0.25, 0.3) is 5.91 Å². The van der Waals surface area contributed by atoms with Gasteiger partial charge in [0, 0.05) is 55.7 Å². The fourth-order valence-corrected chi connectivity index (χ4v) is 4.26. The number of fused-ring (bicyclic) bond motifs is 1. The van der Waals surface area contributed by atoms with Crippen molar-refractivity contribution in [3.05, 3.63) is 66.1 Å². The van der Waals surface area contributed by atoms with Gasteiger partial charge in [-0.1, -0.05) is 30.3 Å². The molecular formula is C20H18N6OS. The Labute approximate surface area is 165 Å². The predicted molar refractivity (Wildman–Crippen MR) is 109 cm³/mol. The van der Waals surface area contributed by atoms with E-state index < -0.39 is 0 Å². The minimum Gasteiger partial charge on any atom is -0.337 e. The number of hydrogen-bond donors (Lipinski definition) is 0. The normalized spacial score (nSPS) is 14.6. The molecule has 1 saturated heterocycles. The fourth-order valence-electron chi connectivity index (χ4n) is 3.41.